The molecule has 3 heterocycles. The van der Waals surface area contributed by atoms with Gasteiger partial charge < -0.3 is 4.90 Å². The Balaban J connectivity index is 1.41. The van der Waals surface area contributed by atoms with Crippen LogP contribution < -0.4 is 21.3 Å². The summed E-state index contributed by atoms with van der Waals surface area (Å²) in [5.74, 6) is 1.21. The van der Waals surface area contributed by atoms with Crippen molar-refractivity contribution < 1.29 is 0 Å². The van der Waals surface area contributed by atoms with Gasteiger partial charge >= 0.3 is 0 Å². The molecule has 234 valence electrons. The first-order chi connectivity index (χ1) is 23.3. The van der Waals surface area contributed by atoms with Crippen molar-refractivity contribution in [3.63, 3.8) is 0 Å². The van der Waals surface area contributed by atoms with E-state index in [0.717, 1.165) is 0 Å². The number of hydrogen-bond donors (Lipinski definition) is 0. The molecule has 0 N–H and O–H groups in total. The van der Waals surface area contributed by atoms with Crippen LogP contribution in [-0.2, 0) is 0 Å². The molecule has 0 unspecified atom stereocenters. The normalized spacial score (nSPS) is 13.3. The van der Waals surface area contributed by atoms with Crippen LogP contribution >= 0.6 is 11.3 Å². The Labute approximate surface area is 289 Å². The van der Waals surface area contributed by atoms with E-state index in [1.807, 2.05) is 11.3 Å². The Bertz CT molecular complexity index is 2410. The SMILES string of the molecule is CC(C)c1ccccc1N1c2cc(-c3ccc4sc5ccccc5c4c3)cc3c2B(c2cccc(C(C)C)c21)c1c-3cccc1C(C)C. The van der Waals surface area contributed by atoms with Crippen LogP contribution in [0.2, 0.25) is 0 Å². The van der Waals surface area contributed by atoms with E-state index < -0.39 is 0 Å². The van der Waals surface area contributed by atoms with Gasteiger partial charge in [0.1, 0.15) is 0 Å². The van der Waals surface area contributed by atoms with Crippen LogP contribution in [0.1, 0.15) is 76.0 Å². The maximum atomic E-state index is 2.65. The van der Waals surface area contributed by atoms with Gasteiger partial charge in [0.05, 0.1) is 0 Å². The Morgan fingerprint density at radius 3 is 2.00 bits per heavy atom. The van der Waals surface area contributed by atoms with E-state index in [9.17, 15) is 0 Å². The third kappa shape index (κ3) is 4.23. The Hall–Kier alpha value is -4.60. The van der Waals surface area contributed by atoms with Crippen molar-refractivity contribution >= 4 is 71.7 Å². The van der Waals surface area contributed by atoms with Crippen molar-refractivity contribution in [1.82, 2.24) is 0 Å². The first kappa shape index (κ1) is 29.5. The number of hydrogen-bond acceptors (Lipinski definition) is 2. The topological polar surface area (TPSA) is 3.24 Å². The quantitative estimate of drug-likeness (QED) is 0.170. The fourth-order valence-electron chi connectivity index (χ4n) is 8.61. The number of anilines is 3. The highest BCUT2D eigenvalue weighted by Crippen LogP contribution is 2.48. The van der Waals surface area contributed by atoms with E-state index in [4.69, 9.17) is 0 Å². The number of nitrogens with zero attached hydrogens (tertiary/aromatic N) is 1. The third-order valence-electron chi connectivity index (χ3n) is 10.8. The lowest BCUT2D eigenvalue weighted by Crippen LogP contribution is -2.56. The highest BCUT2D eigenvalue weighted by Gasteiger charge is 2.45. The van der Waals surface area contributed by atoms with Crippen LogP contribution in [0.5, 0.6) is 0 Å². The number of benzene rings is 6. The number of rotatable bonds is 5. The third-order valence-corrected chi connectivity index (χ3v) is 11.9. The first-order valence-electron chi connectivity index (χ1n) is 17.6. The van der Waals surface area contributed by atoms with Crippen LogP contribution in [-0.4, -0.2) is 6.71 Å². The van der Waals surface area contributed by atoms with Gasteiger partial charge in [0.25, 0.3) is 0 Å². The molecule has 0 spiro atoms. The molecule has 9 rings (SSSR count). The lowest BCUT2D eigenvalue weighted by Gasteiger charge is -2.40. The summed E-state index contributed by atoms with van der Waals surface area (Å²) in [5, 5.41) is 2.69. The van der Waals surface area contributed by atoms with Gasteiger partial charge in [-0.1, -0.05) is 126 Å². The molecule has 0 bridgehead atoms. The lowest BCUT2D eigenvalue weighted by atomic mass is 9.36. The molecule has 0 saturated carbocycles. The molecule has 6 aromatic carbocycles. The second-order valence-electron chi connectivity index (χ2n) is 14.7. The average Bonchev–Trinajstić information content (AvgIpc) is 3.64. The summed E-state index contributed by atoms with van der Waals surface area (Å²) in [6, 6.07) is 44.2. The summed E-state index contributed by atoms with van der Waals surface area (Å²) in [4.78, 5) is 2.65. The van der Waals surface area contributed by atoms with Gasteiger partial charge in [-0.15, -0.1) is 11.3 Å². The van der Waals surface area contributed by atoms with Crippen molar-refractivity contribution in [2.24, 2.45) is 0 Å². The van der Waals surface area contributed by atoms with Crippen LogP contribution in [0, 0.1) is 0 Å². The minimum Gasteiger partial charge on any atom is -0.311 e. The summed E-state index contributed by atoms with van der Waals surface area (Å²) >= 11 is 1.89. The van der Waals surface area contributed by atoms with Gasteiger partial charge in [0.2, 0.25) is 6.71 Å². The molecule has 0 radical (unpaired) electrons. The van der Waals surface area contributed by atoms with Crippen molar-refractivity contribution in [3.8, 4) is 22.3 Å². The zero-order valence-electron chi connectivity index (χ0n) is 28.6. The van der Waals surface area contributed by atoms with E-state index in [1.165, 1.54) is 92.6 Å². The van der Waals surface area contributed by atoms with E-state index >= 15 is 0 Å². The molecule has 0 fully saturated rings. The lowest BCUT2D eigenvalue weighted by molar-refractivity contribution is 0.855. The zero-order valence-corrected chi connectivity index (χ0v) is 29.5. The standard InChI is InChI=1S/C45H40BNS/c1-26(2)31-13-7-9-19-39(31)47-40-25-30(29-21-22-42-36(23-29)34-14-8-10-20-41(34)48-42)24-37-35-17-11-15-32(27(3)4)43(35)46(44(37)40)38-18-12-16-33(28(5)6)45(38)47/h7-28H,1-6H3. The van der Waals surface area contributed by atoms with E-state index in [-0.39, 0.29) is 6.71 Å². The van der Waals surface area contributed by atoms with Crippen molar-refractivity contribution in [3.05, 3.63) is 132 Å². The van der Waals surface area contributed by atoms with Gasteiger partial charge in [-0.2, -0.15) is 0 Å². The fourth-order valence-corrected chi connectivity index (χ4v) is 9.69. The van der Waals surface area contributed by atoms with E-state index in [2.05, 4.69) is 162 Å². The molecule has 0 saturated heterocycles. The Kier molecular flexibility index (Phi) is 6.75. The molecule has 7 aromatic rings. The van der Waals surface area contributed by atoms with E-state index in [1.54, 1.807) is 0 Å². The second-order valence-corrected chi connectivity index (χ2v) is 15.7. The molecule has 0 atom stereocenters. The maximum absolute atomic E-state index is 2.65. The van der Waals surface area contributed by atoms with Gasteiger partial charge in [0.15, 0.2) is 0 Å². The Morgan fingerprint density at radius 1 is 0.500 bits per heavy atom. The second kappa shape index (κ2) is 11.0. The molecular formula is C45H40BNS. The van der Waals surface area contributed by atoms with Gasteiger partial charge in [-0.05, 0) is 104 Å². The average molecular weight is 638 g/mol. The molecule has 2 aliphatic rings. The van der Waals surface area contributed by atoms with Gasteiger partial charge in [0, 0.05) is 37.2 Å². The molecular weight excluding hydrogens is 597 g/mol. The monoisotopic (exact) mass is 637 g/mol. The predicted molar refractivity (Wildman–Crippen MR) is 212 cm³/mol. The van der Waals surface area contributed by atoms with Gasteiger partial charge in [-0.3, -0.25) is 0 Å². The number of para-hydroxylation sites is 2. The van der Waals surface area contributed by atoms with Crippen LogP contribution in [0.25, 0.3) is 42.4 Å². The summed E-state index contributed by atoms with van der Waals surface area (Å²) in [6.45, 7) is 14.3. The fraction of sp³-hybridized carbons (Fsp3) is 0.200. The minimum absolute atomic E-state index is 0.206. The zero-order chi connectivity index (χ0) is 32.8. The predicted octanol–water partition coefficient (Wildman–Crippen LogP) is 11.4. The maximum Gasteiger partial charge on any atom is 0.248 e. The summed E-state index contributed by atoms with van der Waals surface area (Å²) in [7, 11) is 0. The first-order valence-corrected chi connectivity index (χ1v) is 18.4. The van der Waals surface area contributed by atoms with Gasteiger partial charge in [-0.25, -0.2) is 0 Å². The molecule has 0 aliphatic carbocycles. The van der Waals surface area contributed by atoms with Crippen molar-refractivity contribution in [1.29, 1.82) is 0 Å². The van der Waals surface area contributed by atoms with Crippen LogP contribution in [0.15, 0.2) is 115 Å². The van der Waals surface area contributed by atoms with E-state index in [0.29, 0.717) is 17.8 Å². The molecule has 0 amide bonds. The highest BCUT2D eigenvalue weighted by molar-refractivity contribution is 7.25. The largest absolute Gasteiger partial charge is 0.311 e. The molecule has 1 nitrogen and oxygen atoms in total. The smallest absolute Gasteiger partial charge is 0.248 e. The minimum atomic E-state index is 0.206. The van der Waals surface area contributed by atoms with Crippen LogP contribution in [0.3, 0.4) is 0 Å². The molecule has 2 aliphatic heterocycles. The van der Waals surface area contributed by atoms with Crippen LogP contribution in [0.4, 0.5) is 17.1 Å². The summed E-state index contributed by atoms with van der Waals surface area (Å²) < 4.78 is 2.69. The van der Waals surface area contributed by atoms with Crippen molar-refractivity contribution in [2.45, 2.75) is 59.3 Å². The number of thiophene rings is 1. The summed E-state index contributed by atoms with van der Waals surface area (Å²) in [5.41, 5.74) is 17.9. The van der Waals surface area contributed by atoms with Crippen molar-refractivity contribution in [2.75, 3.05) is 4.90 Å². The Morgan fingerprint density at radius 2 is 1.19 bits per heavy atom. The molecule has 48 heavy (non-hydrogen) atoms. The molecule has 1 aromatic heterocycles. The number of fused-ring (bicyclic) bond motifs is 8. The summed E-state index contributed by atoms with van der Waals surface area (Å²) in [6.07, 6.45) is 0. The highest BCUT2D eigenvalue weighted by atomic mass is 32.1. The molecule has 3 heteroatoms.